The third-order valence-electron chi connectivity index (χ3n) is 5.39. The molecule has 0 aliphatic carbocycles. The molecule has 3 heterocycles. The van der Waals surface area contributed by atoms with Gasteiger partial charge in [-0.25, -0.2) is 4.79 Å². The van der Waals surface area contributed by atoms with Crippen LogP contribution in [-0.2, 0) is 24.2 Å². The number of hydrogen-bond donors (Lipinski definition) is 3. The van der Waals surface area contributed by atoms with Crippen LogP contribution in [0, 0.1) is 0 Å². The predicted molar refractivity (Wildman–Crippen MR) is 122 cm³/mol. The third-order valence-corrected chi connectivity index (χ3v) is 6.63. The summed E-state index contributed by atoms with van der Waals surface area (Å²) in [7, 11) is 0. The number of carboxylic acid groups (broad SMARTS) is 1. The molecule has 0 radical (unpaired) electrons. The first-order chi connectivity index (χ1) is 15.6. The molecule has 2 aromatic heterocycles. The molecule has 1 unspecified atom stereocenters. The maximum absolute atomic E-state index is 12.8. The van der Waals surface area contributed by atoms with Crippen LogP contribution in [0.2, 0.25) is 0 Å². The monoisotopic (exact) mass is 451 g/mol. The average molecular weight is 452 g/mol. The molecule has 0 fully saturated rings. The van der Waals surface area contributed by atoms with Crippen LogP contribution in [0.5, 0.6) is 5.75 Å². The summed E-state index contributed by atoms with van der Waals surface area (Å²) >= 11 is 1.58. The molecule has 1 aliphatic rings. The number of hydrogen-bond acceptors (Lipinski definition) is 6. The van der Waals surface area contributed by atoms with E-state index in [0.29, 0.717) is 18.7 Å². The Labute approximate surface area is 190 Å². The van der Waals surface area contributed by atoms with Gasteiger partial charge in [0.15, 0.2) is 6.61 Å². The summed E-state index contributed by atoms with van der Waals surface area (Å²) in [5.74, 6) is -0.537. The fraction of sp³-hybridized carbons (Fsp3) is 0.292. The molecule has 3 aromatic rings. The van der Waals surface area contributed by atoms with Crippen LogP contribution < -0.4 is 15.4 Å². The van der Waals surface area contributed by atoms with Crippen molar-refractivity contribution in [3.05, 3.63) is 81.3 Å². The van der Waals surface area contributed by atoms with Gasteiger partial charge in [0.2, 0.25) is 0 Å². The number of carboxylic acids is 1. The molecular formula is C24H25N3O4S. The fourth-order valence-corrected chi connectivity index (χ4v) is 4.86. The zero-order valence-electron chi connectivity index (χ0n) is 17.5. The molecule has 1 amide bonds. The van der Waals surface area contributed by atoms with Gasteiger partial charge in [-0.05, 0) is 53.8 Å². The van der Waals surface area contributed by atoms with Gasteiger partial charge in [0, 0.05) is 42.8 Å². The highest BCUT2D eigenvalue weighted by molar-refractivity contribution is 7.14. The number of rotatable bonds is 9. The number of aromatic nitrogens is 1. The molecule has 0 saturated heterocycles. The molecular weight excluding hydrogens is 426 g/mol. The van der Waals surface area contributed by atoms with E-state index in [4.69, 9.17) is 9.84 Å². The van der Waals surface area contributed by atoms with Crippen molar-refractivity contribution in [2.24, 2.45) is 0 Å². The van der Waals surface area contributed by atoms with E-state index < -0.39 is 5.97 Å². The lowest BCUT2D eigenvalue weighted by Gasteiger charge is -2.18. The van der Waals surface area contributed by atoms with E-state index in [-0.39, 0.29) is 18.4 Å². The summed E-state index contributed by atoms with van der Waals surface area (Å²) < 4.78 is 5.23. The van der Waals surface area contributed by atoms with Gasteiger partial charge in [-0.3, -0.25) is 9.78 Å². The largest absolute Gasteiger partial charge is 0.482 e. The van der Waals surface area contributed by atoms with Gasteiger partial charge in [-0.1, -0.05) is 18.2 Å². The van der Waals surface area contributed by atoms with Gasteiger partial charge in [-0.2, -0.15) is 0 Å². The number of aliphatic carboxylic acids is 1. The number of ether oxygens (including phenoxy) is 1. The molecule has 1 aromatic carbocycles. The number of carbonyl (C=O) groups is 2. The molecule has 32 heavy (non-hydrogen) atoms. The number of nitrogens with one attached hydrogen (secondary N) is 2. The first-order valence-electron chi connectivity index (χ1n) is 10.5. The van der Waals surface area contributed by atoms with E-state index in [1.807, 2.05) is 36.5 Å². The molecule has 3 N–H and O–H groups in total. The van der Waals surface area contributed by atoms with Crippen LogP contribution in [0.3, 0.4) is 0 Å². The summed E-state index contributed by atoms with van der Waals surface area (Å²) in [5, 5.41) is 15.2. The summed E-state index contributed by atoms with van der Waals surface area (Å²) in [4.78, 5) is 29.8. The normalized spacial score (nSPS) is 13.8. The van der Waals surface area contributed by atoms with E-state index >= 15 is 0 Å². The Bertz CT molecular complexity index is 1040. The molecule has 8 heteroatoms. The number of fused-ring (bicyclic) bond motifs is 1. The zero-order chi connectivity index (χ0) is 22.3. The van der Waals surface area contributed by atoms with Crippen molar-refractivity contribution in [2.75, 3.05) is 19.7 Å². The molecule has 7 nitrogen and oxygen atoms in total. The van der Waals surface area contributed by atoms with Crippen molar-refractivity contribution in [2.45, 2.75) is 25.3 Å². The SMILES string of the molecule is O=C(O)COc1ccc(C(CNC(=O)c2cc3c(s2)CCNC3)Cc2cccnc2)cc1. The summed E-state index contributed by atoms with van der Waals surface area (Å²) in [6, 6.07) is 13.3. The second-order valence-electron chi connectivity index (χ2n) is 7.71. The third kappa shape index (κ3) is 5.72. The van der Waals surface area contributed by atoms with Gasteiger partial charge < -0.3 is 20.5 Å². The summed E-state index contributed by atoms with van der Waals surface area (Å²) in [6.07, 6.45) is 5.25. The highest BCUT2D eigenvalue weighted by Gasteiger charge is 2.19. The van der Waals surface area contributed by atoms with E-state index in [0.717, 1.165) is 35.5 Å². The number of benzene rings is 1. The minimum absolute atomic E-state index is 0.0351. The average Bonchev–Trinajstić information content (AvgIpc) is 3.26. The van der Waals surface area contributed by atoms with E-state index in [1.54, 1.807) is 29.7 Å². The molecule has 4 rings (SSSR count). The number of nitrogens with zero attached hydrogens (tertiary/aromatic N) is 1. The van der Waals surface area contributed by atoms with Crippen molar-refractivity contribution in [1.29, 1.82) is 0 Å². The smallest absolute Gasteiger partial charge is 0.341 e. The Morgan fingerprint density at radius 2 is 2.09 bits per heavy atom. The Balaban J connectivity index is 1.46. The highest BCUT2D eigenvalue weighted by atomic mass is 32.1. The predicted octanol–water partition coefficient (Wildman–Crippen LogP) is 3.01. The van der Waals surface area contributed by atoms with E-state index in [1.165, 1.54) is 10.4 Å². The van der Waals surface area contributed by atoms with Gasteiger partial charge >= 0.3 is 5.97 Å². The van der Waals surface area contributed by atoms with Crippen LogP contribution in [-0.4, -0.2) is 41.7 Å². The Kier molecular flexibility index (Phi) is 7.14. The second kappa shape index (κ2) is 10.4. The number of thiophene rings is 1. The second-order valence-corrected chi connectivity index (χ2v) is 8.85. The lowest BCUT2D eigenvalue weighted by molar-refractivity contribution is -0.139. The molecule has 0 saturated carbocycles. The van der Waals surface area contributed by atoms with Crippen LogP contribution in [0.1, 0.15) is 37.2 Å². The first-order valence-corrected chi connectivity index (χ1v) is 11.3. The minimum Gasteiger partial charge on any atom is -0.482 e. The molecule has 1 atom stereocenters. The van der Waals surface area contributed by atoms with E-state index in [2.05, 4.69) is 15.6 Å². The van der Waals surface area contributed by atoms with Crippen molar-refractivity contribution in [3.8, 4) is 5.75 Å². The number of pyridine rings is 1. The molecule has 1 aliphatic heterocycles. The Hall–Kier alpha value is -3.23. The van der Waals surface area contributed by atoms with Crippen LogP contribution in [0.4, 0.5) is 0 Å². The Morgan fingerprint density at radius 1 is 1.25 bits per heavy atom. The topological polar surface area (TPSA) is 101 Å². The first kappa shape index (κ1) is 22.0. The van der Waals surface area contributed by atoms with Gasteiger partial charge in [0.25, 0.3) is 5.91 Å². The molecule has 0 bridgehead atoms. The van der Waals surface area contributed by atoms with Crippen molar-refractivity contribution in [3.63, 3.8) is 0 Å². The number of carbonyl (C=O) groups excluding carboxylic acids is 1. The van der Waals surface area contributed by atoms with E-state index in [9.17, 15) is 9.59 Å². The molecule has 0 spiro atoms. The van der Waals surface area contributed by atoms with Gasteiger partial charge in [-0.15, -0.1) is 11.3 Å². The van der Waals surface area contributed by atoms with Crippen molar-refractivity contribution in [1.82, 2.24) is 15.6 Å². The van der Waals surface area contributed by atoms with Crippen molar-refractivity contribution >= 4 is 23.2 Å². The lowest BCUT2D eigenvalue weighted by Crippen LogP contribution is -2.28. The summed E-state index contributed by atoms with van der Waals surface area (Å²) in [6.45, 7) is 1.87. The zero-order valence-corrected chi connectivity index (χ0v) is 18.4. The van der Waals surface area contributed by atoms with Crippen LogP contribution in [0.15, 0.2) is 54.9 Å². The fourth-order valence-electron chi connectivity index (χ4n) is 3.76. The van der Waals surface area contributed by atoms with Gasteiger partial charge in [0.05, 0.1) is 4.88 Å². The quantitative estimate of drug-likeness (QED) is 0.462. The van der Waals surface area contributed by atoms with Gasteiger partial charge in [0.1, 0.15) is 5.75 Å². The maximum Gasteiger partial charge on any atom is 0.341 e. The maximum atomic E-state index is 12.8. The van der Waals surface area contributed by atoms with Crippen LogP contribution >= 0.6 is 11.3 Å². The standard InChI is InChI=1S/C24H25N3O4S/c28-23(29)15-31-20-5-3-17(4-6-20)18(10-16-2-1-8-25-12-16)14-27-24(30)22-11-19-13-26-9-7-21(19)32-22/h1-6,8,11-12,18,26H,7,9-10,13-15H2,(H,27,30)(H,28,29). The Morgan fingerprint density at radius 3 is 2.81 bits per heavy atom. The molecule has 166 valence electrons. The lowest BCUT2D eigenvalue weighted by atomic mass is 9.92. The highest BCUT2D eigenvalue weighted by Crippen LogP contribution is 2.26. The number of amides is 1. The van der Waals surface area contributed by atoms with Crippen molar-refractivity contribution < 1.29 is 19.4 Å². The van der Waals surface area contributed by atoms with Crippen LogP contribution in [0.25, 0.3) is 0 Å². The summed E-state index contributed by atoms with van der Waals surface area (Å²) in [5.41, 5.74) is 3.33. The minimum atomic E-state index is -1.02.